The maximum atomic E-state index is 14.3. The molecule has 0 bridgehead atoms. The van der Waals surface area contributed by atoms with Crippen LogP contribution < -0.4 is 4.74 Å². The number of hydrogen-bond donors (Lipinski definition) is 0. The Kier molecular flexibility index (Phi) is 6.50. The van der Waals surface area contributed by atoms with Gasteiger partial charge >= 0.3 is 5.97 Å². The van der Waals surface area contributed by atoms with E-state index in [1.54, 1.807) is 45.9 Å². The Bertz CT molecular complexity index is 1120. The predicted octanol–water partition coefficient (Wildman–Crippen LogP) is 6.26. The Morgan fingerprint density at radius 1 is 1.09 bits per heavy atom. The van der Waals surface area contributed by atoms with Crippen molar-refractivity contribution in [3.8, 4) is 11.5 Å². The second-order valence-corrected chi connectivity index (χ2v) is 9.04. The summed E-state index contributed by atoms with van der Waals surface area (Å²) in [5, 5.41) is 0.255. The lowest BCUT2D eigenvalue weighted by Gasteiger charge is -2.42. The summed E-state index contributed by atoms with van der Waals surface area (Å²) in [5.41, 5.74) is -0.546. The summed E-state index contributed by atoms with van der Waals surface area (Å²) in [6.07, 6.45) is 0.608. The van der Waals surface area contributed by atoms with Gasteiger partial charge in [-0.25, -0.2) is 4.39 Å². The van der Waals surface area contributed by atoms with Crippen molar-refractivity contribution < 1.29 is 28.2 Å². The molecule has 0 saturated carbocycles. The minimum Gasteiger partial charge on any atom is -0.454 e. The maximum Gasteiger partial charge on any atom is 0.307 e. The number of ketones is 1. The monoisotopic (exact) mass is 460 g/mol. The number of rotatable bonds is 5. The summed E-state index contributed by atoms with van der Waals surface area (Å²) < 4.78 is 31.5. The molecule has 0 unspecified atom stereocenters. The number of aryl methyl sites for hydroxylation is 1. The Hall–Kier alpha value is -2.70. The summed E-state index contributed by atoms with van der Waals surface area (Å²) in [7, 11) is 0. The van der Waals surface area contributed by atoms with Crippen molar-refractivity contribution in [2.75, 3.05) is 0 Å². The minimum absolute atomic E-state index is 0.00208. The summed E-state index contributed by atoms with van der Waals surface area (Å²) in [6.45, 7) is 10.1. The Balaban J connectivity index is 2.21. The summed E-state index contributed by atoms with van der Waals surface area (Å²) in [5.74, 6) is -1.03. The van der Waals surface area contributed by atoms with E-state index in [1.807, 2.05) is 6.92 Å². The van der Waals surface area contributed by atoms with E-state index in [1.165, 1.54) is 19.1 Å². The summed E-state index contributed by atoms with van der Waals surface area (Å²) >= 11 is 5.82. The molecule has 0 fully saturated rings. The predicted molar refractivity (Wildman–Crippen MR) is 120 cm³/mol. The lowest BCUT2D eigenvalue weighted by molar-refractivity contribution is -0.165. The molecule has 0 radical (unpaired) electrons. The highest BCUT2D eigenvalue weighted by Crippen LogP contribution is 2.43. The van der Waals surface area contributed by atoms with Gasteiger partial charge in [0.2, 0.25) is 0 Å². The molecular weight excluding hydrogens is 435 g/mol. The van der Waals surface area contributed by atoms with E-state index in [9.17, 15) is 14.0 Å². The van der Waals surface area contributed by atoms with Crippen LogP contribution in [0.2, 0.25) is 5.02 Å². The number of carbonyl (C=O) groups excluding carboxylic acids is 2. The van der Waals surface area contributed by atoms with Crippen molar-refractivity contribution >= 4 is 28.9 Å². The van der Waals surface area contributed by atoms with E-state index in [-0.39, 0.29) is 27.9 Å². The standard InChI is InChI=1S/C25H26ClFO5/c1-7-15-8-10-17(31-20-11-9-16(26)12-19(20)27)13-18(15)21-22(29)24(3,4)32-25(5,6)23(21)30-14(2)28/h8-13H,7H2,1-6H3. The first-order valence-electron chi connectivity index (χ1n) is 10.3. The molecule has 0 saturated heterocycles. The van der Waals surface area contributed by atoms with Crippen LogP contribution in [0.5, 0.6) is 11.5 Å². The molecule has 0 aliphatic carbocycles. The van der Waals surface area contributed by atoms with E-state index in [4.69, 9.17) is 25.8 Å². The van der Waals surface area contributed by atoms with Gasteiger partial charge in [0.1, 0.15) is 17.0 Å². The third kappa shape index (κ3) is 4.71. The Morgan fingerprint density at radius 3 is 2.38 bits per heavy atom. The topological polar surface area (TPSA) is 61.8 Å². The number of Topliss-reactive ketones (excluding diaryl/α,β-unsaturated/α-hetero) is 1. The van der Waals surface area contributed by atoms with Crippen LogP contribution in [0.25, 0.3) is 5.57 Å². The van der Waals surface area contributed by atoms with Crippen LogP contribution in [0.15, 0.2) is 42.2 Å². The van der Waals surface area contributed by atoms with Crippen LogP contribution in [0.3, 0.4) is 0 Å². The molecule has 5 nitrogen and oxygen atoms in total. The third-order valence-electron chi connectivity index (χ3n) is 5.16. The summed E-state index contributed by atoms with van der Waals surface area (Å²) in [4.78, 5) is 25.3. The fraction of sp³-hybridized carbons (Fsp3) is 0.360. The van der Waals surface area contributed by atoms with Crippen LogP contribution >= 0.6 is 11.6 Å². The lowest BCUT2D eigenvalue weighted by Crippen LogP contribution is -2.50. The third-order valence-corrected chi connectivity index (χ3v) is 5.39. The smallest absolute Gasteiger partial charge is 0.307 e. The van der Waals surface area contributed by atoms with E-state index in [2.05, 4.69) is 0 Å². The van der Waals surface area contributed by atoms with Gasteiger partial charge in [-0.15, -0.1) is 0 Å². The fourth-order valence-electron chi connectivity index (χ4n) is 3.84. The van der Waals surface area contributed by atoms with Gasteiger partial charge in [-0.2, -0.15) is 0 Å². The van der Waals surface area contributed by atoms with Crippen LogP contribution in [0, 0.1) is 5.82 Å². The van der Waals surface area contributed by atoms with Crippen LogP contribution in [-0.2, 0) is 25.5 Å². The van der Waals surface area contributed by atoms with E-state index >= 15 is 0 Å². The van der Waals surface area contributed by atoms with Crippen molar-refractivity contribution in [1.82, 2.24) is 0 Å². The second kappa shape index (κ2) is 8.68. The fourth-order valence-corrected chi connectivity index (χ4v) is 4.00. The van der Waals surface area contributed by atoms with Gasteiger partial charge in [0.25, 0.3) is 0 Å². The van der Waals surface area contributed by atoms with Gasteiger partial charge in [0.05, 0.1) is 5.57 Å². The molecular formula is C25H26ClFO5. The summed E-state index contributed by atoms with van der Waals surface area (Å²) in [6, 6.07) is 9.27. The maximum absolute atomic E-state index is 14.3. The molecule has 2 aromatic carbocycles. The molecule has 0 atom stereocenters. The molecule has 32 heavy (non-hydrogen) atoms. The normalized spacial score (nSPS) is 17.3. The van der Waals surface area contributed by atoms with Gasteiger partial charge in [0, 0.05) is 11.9 Å². The average Bonchev–Trinajstić information content (AvgIpc) is 2.68. The van der Waals surface area contributed by atoms with Gasteiger partial charge in [-0.05, 0) is 75.6 Å². The number of carbonyl (C=O) groups is 2. The quantitative estimate of drug-likeness (QED) is 0.492. The number of ether oxygens (including phenoxy) is 3. The largest absolute Gasteiger partial charge is 0.454 e. The number of benzene rings is 2. The van der Waals surface area contributed by atoms with E-state index in [0.29, 0.717) is 17.7 Å². The lowest BCUT2D eigenvalue weighted by atomic mass is 9.81. The molecule has 0 spiro atoms. The van der Waals surface area contributed by atoms with Gasteiger partial charge < -0.3 is 14.2 Å². The first-order chi connectivity index (χ1) is 14.9. The van der Waals surface area contributed by atoms with Crippen LogP contribution in [0.4, 0.5) is 4.39 Å². The zero-order valence-corrected chi connectivity index (χ0v) is 19.7. The molecule has 1 heterocycles. The zero-order chi connectivity index (χ0) is 23.8. The van der Waals surface area contributed by atoms with E-state index < -0.39 is 23.0 Å². The minimum atomic E-state index is -1.15. The molecule has 1 aliphatic rings. The highest BCUT2D eigenvalue weighted by molar-refractivity contribution is 6.30. The van der Waals surface area contributed by atoms with E-state index in [0.717, 1.165) is 11.6 Å². The molecule has 0 amide bonds. The molecule has 0 N–H and O–H groups in total. The van der Waals surface area contributed by atoms with Crippen molar-refractivity contribution in [3.63, 3.8) is 0 Å². The van der Waals surface area contributed by atoms with Gasteiger partial charge in [0.15, 0.2) is 23.1 Å². The molecule has 0 aromatic heterocycles. The van der Waals surface area contributed by atoms with Gasteiger partial charge in [-0.3, -0.25) is 9.59 Å². The number of halogens is 2. The zero-order valence-electron chi connectivity index (χ0n) is 19.0. The molecule has 170 valence electrons. The average molecular weight is 461 g/mol. The Labute approximate surface area is 192 Å². The highest BCUT2D eigenvalue weighted by atomic mass is 35.5. The molecule has 1 aliphatic heterocycles. The first-order valence-corrected chi connectivity index (χ1v) is 10.7. The highest BCUT2D eigenvalue weighted by Gasteiger charge is 2.48. The molecule has 7 heteroatoms. The van der Waals surface area contributed by atoms with Crippen molar-refractivity contribution in [2.45, 2.75) is 59.2 Å². The second-order valence-electron chi connectivity index (χ2n) is 8.60. The van der Waals surface area contributed by atoms with Crippen LogP contribution in [0.1, 0.15) is 52.7 Å². The number of hydrogen-bond acceptors (Lipinski definition) is 5. The van der Waals surface area contributed by atoms with Gasteiger partial charge in [-0.1, -0.05) is 24.6 Å². The number of esters is 1. The molecule has 3 rings (SSSR count). The van der Waals surface area contributed by atoms with Crippen molar-refractivity contribution in [2.24, 2.45) is 0 Å². The van der Waals surface area contributed by atoms with Crippen molar-refractivity contribution in [1.29, 1.82) is 0 Å². The SMILES string of the molecule is CCc1ccc(Oc2ccc(Cl)cc2F)cc1C1=C(OC(C)=O)C(C)(C)OC(C)(C)C1=O. The van der Waals surface area contributed by atoms with Crippen LogP contribution in [-0.4, -0.2) is 23.0 Å². The molecule has 2 aromatic rings. The Morgan fingerprint density at radius 2 is 1.78 bits per heavy atom. The van der Waals surface area contributed by atoms with Crippen molar-refractivity contribution in [3.05, 3.63) is 64.1 Å². The first kappa shape index (κ1) is 24.0.